The van der Waals surface area contributed by atoms with Crippen LogP contribution in [0.2, 0.25) is 0 Å². The van der Waals surface area contributed by atoms with Gasteiger partial charge in [0, 0.05) is 22.8 Å². The lowest BCUT2D eigenvalue weighted by Gasteiger charge is -2.08. The van der Waals surface area contributed by atoms with Gasteiger partial charge in [0.05, 0.1) is 12.0 Å². The number of carbonyl (C=O) groups is 1. The van der Waals surface area contributed by atoms with Gasteiger partial charge in [0.15, 0.2) is 5.70 Å². The molecule has 1 aliphatic heterocycles. The third kappa shape index (κ3) is 3.34. The predicted molar refractivity (Wildman–Crippen MR) is 109 cm³/mol. The summed E-state index contributed by atoms with van der Waals surface area (Å²) in [6.45, 7) is 1.64. The maximum absolute atomic E-state index is 12.4. The number of nitro benzene ring substituents is 1. The van der Waals surface area contributed by atoms with Crippen LogP contribution in [0.15, 0.2) is 65.3 Å². The molecule has 1 aliphatic rings. The number of nitro groups is 1. The number of fused-ring (bicyclic) bond motifs is 1. The van der Waals surface area contributed by atoms with Gasteiger partial charge in [-0.2, -0.15) is 0 Å². The molecule has 3 aromatic rings. The van der Waals surface area contributed by atoms with E-state index in [4.69, 9.17) is 9.47 Å². The summed E-state index contributed by atoms with van der Waals surface area (Å²) in [5, 5.41) is 13.1. The van der Waals surface area contributed by atoms with Crippen molar-refractivity contribution < 1.29 is 19.2 Å². The van der Waals surface area contributed by atoms with Gasteiger partial charge in [-0.05, 0) is 35.9 Å². The zero-order chi connectivity index (χ0) is 20.5. The average molecular weight is 388 g/mol. The lowest BCUT2D eigenvalue weighted by molar-refractivity contribution is -0.385. The second-order valence-corrected chi connectivity index (χ2v) is 6.50. The summed E-state index contributed by atoms with van der Waals surface area (Å²) in [4.78, 5) is 27.4. The molecule has 0 radical (unpaired) electrons. The van der Waals surface area contributed by atoms with Crippen molar-refractivity contribution in [2.24, 2.45) is 4.99 Å². The minimum atomic E-state index is -0.627. The molecule has 0 aromatic heterocycles. The van der Waals surface area contributed by atoms with E-state index in [9.17, 15) is 14.9 Å². The Hall–Kier alpha value is -4.00. The Balaban J connectivity index is 1.81. The van der Waals surface area contributed by atoms with E-state index in [0.29, 0.717) is 22.4 Å². The van der Waals surface area contributed by atoms with E-state index in [0.717, 1.165) is 10.8 Å². The molecule has 0 saturated heterocycles. The summed E-state index contributed by atoms with van der Waals surface area (Å²) in [6, 6.07) is 16.1. The van der Waals surface area contributed by atoms with Crippen LogP contribution in [0.5, 0.6) is 5.75 Å². The number of nitrogens with zero attached hydrogens (tertiary/aromatic N) is 2. The SMILES string of the molecule is COc1ccc2ccccc2c1C=C1N=C(c2ccc(C)c([N+](=O)[O-])c2)OC1=O. The first-order valence-corrected chi connectivity index (χ1v) is 8.81. The predicted octanol–water partition coefficient (Wildman–Crippen LogP) is 4.41. The highest BCUT2D eigenvalue weighted by molar-refractivity contribution is 6.13. The number of cyclic esters (lactones) is 1. The summed E-state index contributed by atoms with van der Waals surface area (Å²) in [7, 11) is 1.55. The topological polar surface area (TPSA) is 91.0 Å². The van der Waals surface area contributed by atoms with Crippen LogP contribution in [0.4, 0.5) is 5.69 Å². The van der Waals surface area contributed by atoms with Crippen molar-refractivity contribution in [1.29, 1.82) is 0 Å². The zero-order valence-electron chi connectivity index (χ0n) is 15.7. The second kappa shape index (κ2) is 7.20. The van der Waals surface area contributed by atoms with Crippen molar-refractivity contribution in [3.8, 4) is 5.75 Å². The molecular weight excluding hydrogens is 372 g/mol. The van der Waals surface area contributed by atoms with Crippen LogP contribution in [0.3, 0.4) is 0 Å². The number of hydrogen-bond donors (Lipinski definition) is 0. The lowest BCUT2D eigenvalue weighted by Crippen LogP contribution is -2.06. The van der Waals surface area contributed by atoms with Crippen LogP contribution >= 0.6 is 0 Å². The fourth-order valence-corrected chi connectivity index (χ4v) is 3.21. The molecule has 0 atom stereocenters. The monoisotopic (exact) mass is 388 g/mol. The Morgan fingerprint density at radius 3 is 2.69 bits per heavy atom. The maximum Gasteiger partial charge on any atom is 0.363 e. The van der Waals surface area contributed by atoms with Crippen LogP contribution in [0.25, 0.3) is 16.8 Å². The van der Waals surface area contributed by atoms with Crippen molar-refractivity contribution >= 4 is 34.4 Å². The zero-order valence-corrected chi connectivity index (χ0v) is 15.7. The highest BCUT2D eigenvalue weighted by Gasteiger charge is 2.26. The Labute approximate surface area is 166 Å². The molecule has 0 bridgehead atoms. The van der Waals surface area contributed by atoms with Crippen LogP contribution in [0, 0.1) is 17.0 Å². The summed E-state index contributed by atoms with van der Waals surface area (Å²) in [5.41, 5.74) is 1.62. The van der Waals surface area contributed by atoms with E-state index in [1.54, 1.807) is 32.2 Å². The van der Waals surface area contributed by atoms with Gasteiger partial charge in [-0.3, -0.25) is 10.1 Å². The maximum atomic E-state index is 12.4. The molecule has 1 heterocycles. The van der Waals surface area contributed by atoms with Gasteiger partial charge in [-0.15, -0.1) is 0 Å². The third-order valence-electron chi connectivity index (χ3n) is 4.70. The van der Waals surface area contributed by atoms with Gasteiger partial charge in [0.2, 0.25) is 5.90 Å². The number of hydrogen-bond acceptors (Lipinski definition) is 6. The van der Waals surface area contributed by atoms with E-state index in [-0.39, 0.29) is 17.3 Å². The van der Waals surface area contributed by atoms with Crippen LogP contribution in [0.1, 0.15) is 16.7 Å². The minimum Gasteiger partial charge on any atom is -0.496 e. The molecule has 0 saturated carbocycles. The number of aryl methyl sites for hydroxylation is 1. The van der Waals surface area contributed by atoms with Crippen molar-refractivity contribution in [1.82, 2.24) is 0 Å². The quantitative estimate of drug-likeness (QED) is 0.286. The number of ether oxygens (including phenoxy) is 2. The molecule has 0 unspecified atom stereocenters. The molecule has 0 aliphatic carbocycles. The standard InChI is InChI=1S/C22H16N2O5/c1-13-7-8-15(11-19(13)24(26)27)21-23-18(22(25)29-21)12-17-16-6-4-3-5-14(16)9-10-20(17)28-2/h3-12H,1-2H3. The molecule has 7 nitrogen and oxygen atoms in total. The van der Waals surface area contributed by atoms with Crippen LogP contribution < -0.4 is 4.74 Å². The van der Waals surface area contributed by atoms with E-state index in [2.05, 4.69) is 4.99 Å². The van der Waals surface area contributed by atoms with Crippen molar-refractivity contribution in [2.45, 2.75) is 6.92 Å². The largest absolute Gasteiger partial charge is 0.496 e. The summed E-state index contributed by atoms with van der Waals surface area (Å²) >= 11 is 0. The first-order valence-electron chi connectivity index (χ1n) is 8.81. The third-order valence-corrected chi connectivity index (χ3v) is 4.70. The molecule has 3 aromatic carbocycles. The van der Waals surface area contributed by atoms with Crippen molar-refractivity contribution in [3.63, 3.8) is 0 Å². The normalized spacial score (nSPS) is 14.8. The molecule has 29 heavy (non-hydrogen) atoms. The molecule has 0 spiro atoms. The molecule has 144 valence electrons. The highest BCUT2D eigenvalue weighted by atomic mass is 16.6. The van der Waals surface area contributed by atoms with Gasteiger partial charge in [0.25, 0.3) is 5.69 Å². The Morgan fingerprint density at radius 1 is 1.14 bits per heavy atom. The fraction of sp³-hybridized carbons (Fsp3) is 0.0909. The number of benzene rings is 3. The van der Waals surface area contributed by atoms with Gasteiger partial charge < -0.3 is 9.47 Å². The van der Waals surface area contributed by atoms with Crippen molar-refractivity contribution in [2.75, 3.05) is 7.11 Å². The molecule has 0 N–H and O–H groups in total. The van der Waals surface area contributed by atoms with Gasteiger partial charge >= 0.3 is 5.97 Å². The number of esters is 1. The van der Waals surface area contributed by atoms with Gasteiger partial charge in [-0.25, -0.2) is 9.79 Å². The summed E-state index contributed by atoms with van der Waals surface area (Å²) in [6.07, 6.45) is 1.61. The van der Waals surface area contributed by atoms with Crippen LogP contribution in [-0.2, 0) is 9.53 Å². The molecule has 0 fully saturated rings. The molecular formula is C22H16N2O5. The van der Waals surface area contributed by atoms with Gasteiger partial charge in [0.1, 0.15) is 5.75 Å². The Bertz CT molecular complexity index is 1230. The summed E-state index contributed by atoms with van der Waals surface area (Å²) < 4.78 is 10.7. The van der Waals surface area contributed by atoms with Crippen molar-refractivity contribution in [3.05, 3.63) is 87.1 Å². The Kier molecular flexibility index (Phi) is 4.56. The van der Waals surface area contributed by atoms with Gasteiger partial charge in [-0.1, -0.05) is 36.4 Å². The summed E-state index contributed by atoms with van der Waals surface area (Å²) in [5.74, 6) is 0.000363. The highest BCUT2D eigenvalue weighted by Crippen LogP contribution is 2.32. The number of aliphatic imine (C=N–C) groups is 1. The molecule has 0 amide bonds. The molecule has 7 heteroatoms. The van der Waals surface area contributed by atoms with E-state index in [1.807, 2.05) is 36.4 Å². The molecule has 4 rings (SSSR count). The number of methoxy groups -OCH3 is 1. The average Bonchev–Trinajstić information content (AvgIpc) is 3.08. The van der Waals surface area contributed by atoms with E-state index < -0.39 is 10.9 Å². The fourth-order valence-electron chi connectivity index (χ4n) is 3.21. The van der Waals surface area contributed by atoms with E-state index >= 15 is 0 Å². The van der Waals surface area contributed by atoms with Crippen LogP contribution in [-0.4, -0.2) is 23.9 Å². The second-order valence-electron chi connectivity index (χ2n) is 6.50. The smallest absolute Gasteiger partial charge is 0.363 e. The first-order chi connectivity index (χ1) is 14.0. The number of carbonyl (C=O) groups excluding carboxylic acids is 1. The number of rotatable bonds is 4. The van der Waals surface area contributed by atoms with E-state index in [1.165, 1.54) is 6.07 Å². The first kappa shape index (κ1) is 18.4. The lowest BCUT2D eigenvalue weighted by atomic mass is 10.0. The Morgan fingerprint density at radius 2 is 1.93 bits per heavy atom. The minimum absolute atomic E-state index is 0.0311.